The molecular formula is C11H16N2O2. The van der Waals surface area contributed by atoms with Crippen LogP contribution in [0.25, 0.3) is 0 Å². The van der Waals surface area contributed by atoms with Crippen molar-refractivity contribution in [2.75, 3.05) is 11.9 Å². The average molecular weight is 208 g/mol. The third-order valence-corrected chi connectivity index (χ3v) is 2.04. The van der Waals surface area contributed by atoms with E-state index in [9.17, 15) is 4.79 Å². The largest absolute Gasteiger partial charge is 0.387 e. The van der Waals surface area contributed by atoms with Gasteiger partial charge in [0.05, 0.1) is 0 Å². The predicted molar refractivity (Wildman–Crippen MR) is 58.7 cm³/mol. The van der Waals surface area contributed by atoms with Crippen molar-refractivity contribution >= 4 is 11.7 Å². The number of carbonyl (C=O) groups excluding carboxylic acids is 1. The third-order valence-electron chi connectivity index (χ3n) is 2.04. The molecule has 1 amide bonds. The van der Waals surface area contributed by atoms with Crippen molar-refractivity contribution in [1.29, 1.82) is 0 Å². The molecule has 0 bridgehead atoms. The maximum Gasteiger partial charge on any atom is 0.251 e. The molecule has 1 aromatic heterocycles. The fraction of sp³-hybridized carbons (Fsp3) is 0.455. The molecule has 0 radical (unpaired) electrons. The lowest BCUT2D eigenvalue weighted by molar-refractivity contribution is -0.118. The summed E-state index contributed by atoms with van der Waals surface area (Å²) in [5, 5.41) is 11.1. The molecule has 1 aromatic rings. The van der Waals surface area contributed by atoms with E-state index in [0.29, 0.717) is 5.82 Å². The molecule has 0 saturated heterocycles. The highest BCUT2D eigenvalue weighted by Gasteiger charge is 2.14. The molecule has 82 valence electrons. The summed E-state index contributed by atoms with van der Waals surface area (Å²) in [5.74, 6) is 0.0232. The minimum Gasteiger partial charge on any atom is -0.387 e. The minimum atomic E-state index is -0.526. The summed E-state index contributed by atoms with van der Waals surface area (Å²) in [7, 11) is 0. The van der Waals surface area contributed by atoms with E-state index < -0.39 is 12.5 Å². The van der Waals surface area contributed by atoms with Crippen molar-refractivity contribution in [3.8, 4) is 0 Å². The zero-order valence-electron chi connectivity index (χ0n) is 9.24. The highest BCUT2D eigenvalue weighted by Crippen LogP contribution is 2.23. The number of rotatable bonds is 2. The van der Waals surface area contributed by atoms with Gasteiger partial charge in [-0.15, -0.1) is 0 Å². The van der Waals surface area contributed by atoms with E-state index in [1.54, 1.807) is 6.20 Å². The third kappa shape index (κ3) is 3.32. The lowest BCUT2D eigenvalue weighted by Crippen LogP contribution is -2.18. The highest BCUT2D eigenvalue weighted by atomic mass is 16.3. The van der Waals surface area contributed by atoms with Crippen LogP contribution in [0.4, 0.5) is 5.82 Å². The number of anilines is 1. The SMILES string of the molecule is CC(C)(C)c1ccnc(NC(=O)CO)c1. The molecule has 0 spiro atoms. The lowest BCUT2D eigenvalue weighted by Gasteiger charge is -2.19. The molecule has 0 aliphatic heterocycles. The van der Waals surface area contributed by atoms with E-state index >= 15 is 0 Å². The first-order valence-corrected chi connectivity index (χ1v) is 4.81. The second kappa shape index (κ2) is 4.40. The molecule has 2 N–H and O–H groups in total. The van der Waals surface area contributed by atoms with Crippen molar-refractivity contribution < 1.29 is 9.90 Å². The number of amides is 1. The number of aliphatic hydroxyl groups is 1. The van der Waals surface area contributed by atoms with Crippen molar-refractivity contribution in [2.45, 2.75) is 26.2 Å². The second-order valence-electron chi connectivity index (χ2n) is 4.39. The first-order chi connectivity index (χ1) is 6.93. The van der Waals surface area contributed by atoms with Crippen LogP contribution in [0, 0.1) is 0 Å². The summed E-state index contributed by atoms with van der Waals surface area (Å²) in [6.45, 7) is 5.72. The fourth-order valence-corrected chi connectivity index (χ4v) is 1.15. The van der Waals surface area contributed by atoms with Crippen LogP contribution in [0.2, 0.25) is 0 Å². The molecular weight excluding hydrogens is 192 g/mol. The zero-order valence-corrected chi connectivity index (χ0v) is 9.24. The number of aromatic nitrogens is 1. The molecule has 15 heavy (non-hydrogen) atoms. The van der Waals surface area contributed by atoms with Crippen LogP contribution in [0.3, 0.4) is 0 Å². The summed E-state index contributed by atoms with van der Waals surface area (Å²) in [5.41, 5.74) is 1.10. The van der Waals surface area contributed by atoms with Gasteiger partial charge in [-0.05, 0) is 23.1 Å². The Morgan fingerprint density at radius 1 is 1.53 bits per heavy atom. The van der Waals surface area contributed by atoms with Crippen molar-refractivity contribution in [2.24, 2.45) is 0 Å². The van der Waals surface area contributed by atoms with Gasteiger partial charge in [0, 0.05) is 6.20 Å². The quantitative estimate of drug-likeness (QED) is 0.770. The number of nitrogens with zero attached hydrogens (tertiary/aromatic N) is 1. The maximum atomic E-state index is 10.9. The molecule has 4 nitrogen and oxygen atoms in total. The van der Waals surface area contributed by atoms with Crippen molar-refractivity contribution in [3.05, 3.63) is 23.9 Å². The number of aliphatic hydroxyl groups excluding tert-OH is 1. The molecule has 1 heterocycles. The average Bonchev–Trinajstić information content (AvgIpc) is 2.17. The number of hydrogen-bond acceptors (Lipinski definition) is 3. The Bertz CT molecular complexity index is 356. The van der Waals surface area contributed by atoms with Crippen molar-refractivity contribution in [3.63, 3.8) is 0 Å². The Kier molecular flexibility index (Phi) is 3.42. The number of carbonyl (C=O) groups is 1. The zero-order chi connectivity index (χ0) is 11.5. The molecule has 0 atom stereocenters. The number of hydrogen-bond donors (Lipinski definition) is 2. The van der Waals surface area contributed by atoms with Crippen LogP contribution in [0.5, 0.6) is 0 Å². The predicted octanol–water partition coefficient (Wildman–Crippen LogP) is 1.31. The molecule has 4 heteroatoms. The summed E-state index contributed by atoms with van der Waals surface area (Å²) < 4.78 is 0. The Labute approximate surface area is 89.3 Å². The van der Waals surface area contributed by atoms with E-state index in [0.717, 1.165) is 5.56 Å². The molecule has 0 aliphatic carbocycles. The van der Waals surface area contributed by atoms with Gasteiger partial charge in [0.1, 0.15) is 12.4 Å². The molecule has 0 saturated carbocycles. The van der Waals surface area contributed by atoms with Crippen LogP contribution >= 0.6 is 0 Å². The van der Waals surface area contributed by atoms with Crippen LogP contribution in [-0.2, 0) is 10.2 Å². The Hall–Kier alpha value is -1.42. The lowest BCUT2D eigenvalue weighted by atomic mass is 9.88. The first kappa shape index (κ1) is 11.7. The van der Waals surface area contributed by atoms with Gasteiger partial charge in [-0.3, -0.25) is 4.79 Å². The van der Waals surface area contributed by atoms with Crippen molar-refractivity contribution in [1.82, 2.24) is 4.98 Å². The molecule has 0 fully saturated rings. The number of nitrogens with one attached hydrogen (secondary N) is 1. The van der Waals surface area contributed by atoms with Crippen LogP contribution in [-0.4, -0.2) is 22.6 Å². The smallest absolute Gasteiger partial charge is 0.251 e. The van der Waals surface area contributed by atoms with E-state index in [1.165, 1.54) is 0 Å². The molecule has 0 unspecified atom stereocenters. The van der Waals surface area contributed by atoms with Gasteiger partial charge in [-0.25, -0.2) is 4.98 Å². The topological polar surface area (TPSA) is 62.2 Å². The Morgan fingerprint density at radius 3 is 2.73 bits per heavy atom. The molecule has 0 aliphatic rings. The van der Waals surface area contributed by atoms with Crippen LogP contribution in [0.1, 0.15) is 26.3 Å². The van der Waals surface area contributed by atoms with E-state index in [2.05, 4.69) is 31.1 Å². The van der Waals surface area contributed by atoms with Crippen LogP contribution in [0.15, 0.2) is 18.3 Å². The number of pyridine rings is 1. The minimum absolute atomic E-state index is 0.0155. The Morgan fingerprint density at radius 2 is 2.20 bits per heavy atom. The van der Waals surface area contributed by atoms with E-state index in [1.807, 2.05) is 12.1 Å². The van der Waals surface area contributed by atoms with Gasteiger partial charge < -0.3 is 10.4 Å². The van der Waals surface area contributed by atoms with Gasteiger partial charge in [-0.2, -0.15) is 0 Å². The maximum absolute atomic E-state index is 10.9. The van der Waals surface area contributed by atoms with Gasteiger partial charge >= 0.3 is 0 Å². The van der Waals surface area contributed by atoms with Gasteiger partial charge in [-0.1, -0.05) is 20.8 Å². The summed E-state index contributed by atoms with van der Waals surface area (Å²) in [6, 6.07) is 3.72. The van der Waals surface area contributed by atoms with Gasteiger partial charge in [0.25, 0.3) is 5.91 Å². The Balaban J connectivity index is 2.88. The van der Waals surface area contributed by atoms with Gasteiger partial charge in [0.2, 0.25) is 0 Å². The van der Waals surface area contributed by atoms with E-state index in [4.69, 9.17) is 5.11 Å². The second-order valence-corrected chi connectivity index (χ2v) is 4.39. The fourth-order valence-electron chi connectivity index (χ4n) is 1.15. The normalized spacial score (nSPS) is 11.2. The van der Waals surface area contributed by atoms with Crippen LogP contribution < -0.4 is 5.32 Å². The summed E-state index contributed by atoms with van der Waals surface area (Å²) in [6.07, 6.45) is 1.65. The molecule has 0 aromatic carbocycles. The summed E-state index contributed by atoms with van der Waals surface area (Å²) in [4.78, 5) is 14.9. The molecule has 1 rings (SSSR count). The standard InChI is InChI=1S/C11H16N2O2/c1-11(2,3)8-4-5-12-9(6-8)13-10(15)7-14/h4-6,14H,7H2,1-3H3,(H,12,13,15). The summed E-state index contributed by atoms with van der Waals surface area (Å²) >= 11 is 0. The highest BCUT2D eigenvalue weighted by molar-refractivity contribution is 5.90. The van der Waals surface area contributed by atoms with E-state index in [-0.39, 0.29) is 5.41 Å². The monoisotopic (exact) mass is 208 g/mol. The first-order valence-electron chi connectivity index (χ1n) is 4.81. The van der Waals surface area contributed by atoms with Gasteiger partial charge in [0.15, 0.2) is 0 Å².